The highest BCUT2D eigenvalue weighted by Gasteiger charge is 2.31. The zero-order valence-electron chi connectivity index (χ0n) is 10.8. The van der Waals surface area contributed by atoms with Crippen LogP contribution in [0.1, 0.15) is 33.1 Å². The van der Waals surface area contributed by atoms with Crippen LogP contribution < -0.4 is 0 Å². The SMILES string of the molecule is COC(=O)CCN(C)CC1CCC(C)(C)O1. The minimum atomic E-state index is -0.153. The average molecular weight is 229 g/mol. The molecule has 1 aliphatic rings. The maximum Gasteiger partial charge on any atom is 0.306 e. The van der Waals surface area contributed by atoms with Gasteiger partial charge in [-0.1, -0.05) is 0 Å². The second-order valence-corrected chi connectivity index (χ2v) is 5.13. The third-order valence-electron chi connectivity index (χ3n) is 2.99. The Morgan fingerprint density at radius 2 is 2.25 bits per heavy atom. The normalized spacial score (nSPS) is 23.7. The molecule has 94 valence electrons. The molecule has 0 aromatic carbocycles. The molecule has 1 fully saturated rings. The summed E-state index contributed by atoms with van der Waals surface area (Å²) in [5.41, 5.74) is 0.0217. The molecule has 1 unspecified atom stereocenters. The van der Waals surface area contributed by atoms with Gasteiger partial charge in [-0.25, -0.2) is 0 Å². The Labute approximate surface area is 97.9 Å². The zero-order valence-corrected chi connectivity index (χ0v) is 10.8. The first-order valence-electron chi connectivity index (χ1n) is 5.86. The topological polar surface area (TPSA) is 38.8 Å². The number of hydrogen-bond donors (Lipinski definition) is 0. The molecule has 0 saturated carbocycles. The highest BCUT2D eigenvalue weighted by molar-refractivity contribution is 5.69. The second-order valence-electron chi connectivity index (χ2n) is 5.13. The predicted octanol–water partition coefficient (Wildman–Crippen LogP) is 1.44. The van der Waals surface area contributed by atoms with Crippen LogP contribution in [-0.4, -0.2) is 49.8 Å². The fourth-order valence-electron chi connectivity index (χ4n) is 2.03. The summed E-state index contributed by atoms with van der Waals surface area (Å²) < 4.78 is 10.5. The first-order valence-corrected chi connectivity index (χ1v) is 5.86. The number of rotatable bonds is 5. The number of carbonyl (C=O) groups excluding carboxylic acids is 1. The van der Waals surface area contributed by atoms with Gasteiger partial charge in [-0.05, 0) is 33.7 Å². The Morgan fingerprint density at radius 3 is 2.75 bits per heavy atom. The standard InChI is InChI=1S/C12H23NO3/c1-12(2)7-5-10(16-12)9-13(3)8-6-11(14)15-4/h10H,5-9H2,1-4H3. The molecule has 1 saturated heterocycles. The molecule has 4 nitrogen and oxygen atoms in total. The molecule has 16 heavy (non-hydrogen) atoms. The quantitative estimate of drug-likeness (QED) is 0.669. The molecule has 0 aromatic heterocycles. The Bertz CT molecular complexity index is 240. The van der Waals surface area contributed by atoms with Crippen molar-refractivity contribution in [3.8, 4) is 0 Å². The lowest BCUT2D eigenvalue weighted by Crippen LogP contribution is -2.32. The maximum atomic E-state index is 11.0. The molecule has 0 aliphatic carbocycles. The molecule has 4 heteroatoms. The molecule has 0 bridgehead atoms. The number of esters is 1. The van der Waals surface area contributed by atoms with Crippen LogP contribution >= 0.6 is 0 Å². The van der Waals surface area contributed by atoms with E-state index >= 15 is 0 Å². The highest BCUT2D eigenvalue weighted by Crippen LogP contribution is 2.29. The number of carbonyl (C=O) groups is 1. The van der Waals surface area contributed by atoms with E-state index in [0.717, 1.165) is 25.9 Å². The van der Waals surface area contributed by atoms with E-state index in [2.05, 4.69) is 23.5 Å². The summed E-state index contributed by atoms with van der Waals surface area (Å²) in [4.78, 5) is 13.1. The van der Waals surface area contributed by atoms with Gasteiger partial charge in [-0.3, -0.25) is 4.79 Å². The van der Waals surface area contributed by atoms with Crippen molar-refractivity contribution >= 4 is 5.97 Å². The van der Waals surface area contributed by atoms with Crippen LogP contribution in [0, 0.1) is 0 Å². The average Bonchev–Trinajstić information content (AvgIpc) is 2.54. The lowest BCUT2D eigenvalue weighted by molar-refractivity contribution is -0.141. The Hall–Kier alpha value is -0.610. The Balaban J connectivity index is 2.20. The number of ether oxygens (including phenoxy) is 2. The van der Waals surface area contributed by atoms with Crippen molar-refractivity contribution in [1.29, 1.82) is 0 Å². The van der Waals surface area contributed by atoms with Gasteiger partial charge in [0.2, 0.25) is 0 Å². The van der Waals surface area contributed by atoms with Crippen LogP contribution in [0.5, 0.6) is 0 Å². The number of likely N-dealkylation sites (N-methyl/N-ethyl adjacent to an activating group) is 1. The van der Waals surface area contributed by atoms with Crippen molar-refractivity contribution < 1.29 is 14.3 Å². The molecular formula is C12H23NO3. The molecule has 1 heterocycles. The smallest absolute Gasteiger partial charge is 0.306 e. The summed E-state index contributed by atoms with van der Waals surface area (Å²) >= 11 is 0. The predicted molar refractivity (Wildman–Crippen MR) is 62.3 cm³/mol. The van der Waals surface area contributed by atoms with E-state index < -0.39 is 0 Å². The summed E-state index contributed by atoms with van der Waals surface area (Å²) in [5, 5.41) is 0. The van der Waals surface area contributed by atoms with Gasteiger partial charge < -0.3 is 14.4 Å². The summed E-state index contributed by atoms with van der Waals surface area (Å²) in [5.74, 6) is -0.153. The summed E-state index contributed by atoms with van der Waals surface area (Å²) in [6.45, 7) is 5.87. The van der Waals surface area contributed by atoms with Crippen molar-refractivity contribution in [1.82, 2.24) is 4.90 Å². The lowest BCUT2D eigenvalue weighted by Gasteiger charge is -2.23. The molecular weight excluding hydrogens is 206 g/mol. The van der Waals surface area contributed by atoms with E-state index in [1.165, 1.54) is 7.11 Å². The lowest BCUT2D eigenvalue weighted by atomic mass is 10.1. The van der Waals surface area contributed by atoms with Crippen molar-refractivity contribution in [3.05, 3.63) is 0 Å². The Morgan fingerprint density at radius 1 is 1.56 bits per heavy atom. The summed E-state index contributed by atoms with van der Waals surface area (Å²) in [7, 11) is 3.43. The van der Waals surface area contributed by atoms with Gasteiger partial charge in [-0.2, -0.15) is 0 Å². The third kappa shape index (κ3) is 4.49. The minimum absolute atomic E-state index is 0.0217. The third-order valence-corrected chi connectivity index (χ3v) is 2.99. The van der Waals surface area contributed by atoms with E-state index in [0.29, 0.717) is 12.5 Å². The molecule has 0 spiro atoms. The maximum absolute atomic E-state index is 11.0. The van der Waals surface area contributed by atoms with Crippen molar-refractivity contribution in [2.24, 2.45) is 0 Å². The zero-order chi connectivity index (χ0) is 12.2. The summed E-state index contributed by atoms with van der Waals surface area (Å²) in [6.07, 6.45) is 2.97. The van der Waals surface area contributed by atoms with Gasteiger partial charge in [0.1, 0.15) is 0 Å². The molecule has 1 aliphatic heterocycles. The largest absolute Gasteiger partial charge is 0.469 e. The minimum Gasteiger partial charge on any atom is -0.469 e. The van der Waals surface area contributed by atoms with Crippen LogP contribution in [-0.2, 0) is 14.3 Å². The van der Waals surface area contributed by atoms with Crippen molar-refractivity contribution in [2.75, 3.05) is 27.2 Å². The monoisotopic (exact) mass is 229 g/mol. The van der Waals surface area contributed by atoms with E-state index in [1.54, 1.807) is 0 Å². The fraction of sp³-hybridized carbons (Fsp3) is 0.917. The number of methoxy groups -OCH3 is 1. The number of nitrogens with zero attached hydrogens (tertiary/aromatic N) is 1. The second kappa shape index (κ2) is 5.64. The van der Waals surface area contributed by atoms with E-state index in [-0.39, 0.29) is 11.6 Å². The van der Waals surface area contributed by atoms with Gasteiger partial charge in [-0.15, -0.1) is 0 Å². The molecule has 1 rings (SSSR count). The highest BCUT2D eigenvalue weighted by atomic mass is 16.5. The molecule has 1 atom stereocenters. The fourth-order valence-corrected chi connectivity index (χ4v) is 2.03. The van der Waals surface area contributed by atoms with Crippen LogP contribution in [0.15, 0.2) is 0 Å². The van der Waals surface area contributed by atoms with Gasteiger partial charge in [0.15, 0.2) is 0 Å². The van der Waals surface area contributed by atoms with Gasteiger partial charge in [0.05, 0.1) is 25.2 Å². The van der Waals surface area contributed by atoms with Crippen LogP contribution in [0.25, 0.3) is 0 Å². The molecule has 0 aromatic rings. The molecule has 0 N–H and O–H groups in total. The van der Waals surface area contributed by atoms with Gasteiger partial charge >= 0.3 is 5.97 Å². The molecule has 0 radical (unpaired) electrons. The summed E-state index contributed by atoms with van der Waals surface area (Å²) in [6, 6.07) is 0. The number of hydrogen-bond acceptors (Lipinski definition) is 4. The van der Waals surface area contributed by atoms with Crippen molar-refractivity contribution in [3.63, 3.8) is 0 Å². The first-order chi connectivity index (χ1) is 7.43. The van der Waals surface area contributed by atoms with E-state index in [1.807, 2.05) is 7.05 Å². The van der Waals surface area contributed by atoms with E-state index in [9.17, 15) is 4.79 Å². The van der Waals surface area contributed by atoms with Gasteiger partial charge in [0, 0.05) is 13.1 Å². The molecule has 0 amide bonds. The van der Waals surface area contributed by atoms with Crippen LogP contribution in [0.2, 0.25) is 0 Å². The van der Waals surface area contributed by atoms with Crippen molar-refractivity contribution in [2.45, 2.75) is 44.8 Å². The van der Waals surface area contributed by atoms with Crippen LogP contribution in [0.3, 0.4) is 0 Å². The van der Waals surface area contributed by atoms with E-state index in [4.69, 9.17) is 4.74 Å². The van der Waals surface area contributed by atoms with Crippen LogP contribution in [0.4, 0.5) is 0 Å². The Kier molecular flexibility index (Phi) is 4.74. The first kappa shape index (κ1) is 13.5. The van der Waals surface area contributed by atoms with Gasteiger partial charge in [0.25, 0.3) is 0 Å².